The molecular formula is C21H19N3O2S2. The molecule has 3 heterocycles. The Morgan fingerprint density at radius 3 is 2.96 bits per heavy atom. The molecule has 3 aromatic rings. The van der Waals surface area contributed by atoms with Crippen molar-refractivity contribution in [1.29, 1.82) is 0 Å². The Morgan fingerprint density at radius 2 is 2.07 bits per heavy atom. The average Bonchev–Trinajstić information content (AvgIpc) is 3.17. The van der Waals surface area contributed by atoms with Gasteiger partial charge in [-0.15, -0.1) is 23.1 Å². The van der Waals surface area contributed by atoms with Crippen molar-refractivity contribution in [3.8, 4) is 0 Å². The van der Waals surface area contributed by atoms with Gasteiger partial charge in [0.15, 0.2) is 0 Å². The topological polar surface area (TPSA) is 62.3 Å². The number of hydrogen-bond acceptors (Lipinski definition) is 5. The number of nitrogens with one attached hydrogen (secondary N) is 1. The summed E-state index contributed by atoms with van der Waals surface area (Å²) >= 11 is 3.19. The van der Waals surface area contributed by atoms with Gasteiger partial charge in [-0.1, -0.05) is 12.1 Å². The van der Waals surface area contributed by atoms with Crippen molar-refractivity contribution in [2.75, 3.05) is 17.6 Å². The summed E-state index contributed by atoms with van der Waals surface area (Å²) in [6, 6.07) is 13.7. The molecule has 0 spiro atoms. The van der Waals surface area contributed by atoms with Crippen LogP contribution in [-0.2, 0) is 4.79 Å². The molecule has 1 fully saturated rings. The number of carbonyl (C=O) groups excluding carboxylic acids is 2. The fourth-order valence-electron chi connectivity index (χ4n) is 3.85. The number of thioether (sulfide) groups is 1. The number of carbonyl (C=O) groups is 2. The van der Waals surface area contributed by atoms with E-state index in [2.05, 4.69) is 11.4 Å². The number of hydrogen-bond donors (Lipinski definition) is 1. The molecule has 2 aliphatic heterocycles. The van der Waals surface area contributed by atoms with Crippen molar-refractivity contribution in [3.05, 3.63) is 53.0 Å². The van der Waals surface area contributed by atoms with Gasteiger partial charge in [0.1, 0.15) is 5.01 Å². The fourth-order valence-corrected chi connectivity index (χ4v) is 5.75. The molecule has 2 aliphatic rings. The molecule has 0 unspecified atom stereocenters. The van der Waals surface area contributed by atoms with Crippen LogP contribution in [0.15, 0.2) is 47.4 Å². The number of nitrogens with zero attached hydrogens (tertiary/aromatic N) is 2. The predicted octanol–water partition coefficient (Wildman–Crippen LogP) is 4.71. The Balaban J connectivity index is 1.47. The molecule has 5 rings (SSSR count). The van der Waals surface area contributed by atoms with Crippen LogP contribution in [0.4, 0.5) is 5.69 Å². The molecular weight excluding hydrogens is 390 g/mol. The molecule has 2 aromatic carbocycles. The van der Waals surface area contributed by atoms with Crippen molar-refractivity contribution in [2.24, 2.45) is 0 Å². The first-order chi connectivity index (χ1) is 13.7. The number of piperidine rings is 1. The van der Waals surface area contributed by atoms with E-state index in [4.69, 9.17) is 4.98 Å². The molecule has 7 heteroatoms. The Hall–Kier alpha value is -2.38. The highest BCUT2D eigenvalue weighted by atomic mass is 32.2. The van der Waals surface area contributed by atoms with Gasteiger partial charge >= 0.3 is 0 Å². The second kappa shape index (κ2) is 7.22. The summed E-state index contributed by atoms with van der Waals surface area (Å²) in [5.41, 5.74) is 2.35. The normalized spacial score (nSPS) is 19.4. The van der Waals surface area contributed by atoms with Crippen LogP contribution in [0.25, 0.3) is 10.2 Å². The lowest BCUT2D eigenvalue weighted by Crippen LogP contribution is -2.38. The quantitative estimate of drug-likeness (QED) is 0.666. The molecule has 1 N–H and O–H groups in total. The van der Waals surface area contributed by atoms with Gasteiger partial charge in [0, 0.05) is 17.0 Å². The summed E-state index contributed by atoms with van der Waals surface area (Å²) < 4.78 is 1.16. The first-order valence-electron chi connectivity index (χ1n) is 9.42. The minimum Gasteiger partial charge on any atom is -0.329 e. The number of aromatic nitrogens is 1. The number of amides is 2. The maximum Gasteiger partial charge on any atom is 0.254 e. The fraction of sp³-hybridized carbons (Fsp3) is 0.286. The van der Waals surface area contributed by atoms with E-state index >= 15 is 0 Å². The summed E-state index contributed by atoms with van der Waals surface area (Å²) in [6.07, 6.45) is 3.04. The third-order valence-electron chi connectivity index (χ3n) is 5.22. The van der Waals surface area contributed by atoms with Crippen LogP contribution >= 0.6 is 23.1 Å². The molecule has 2 amide bonds. The molecule has 5 nitrogen and oxygen atoms in total. The van der Waals surface area contributed by atoms with Gasteiger partial charge in [0.25, 0.3) is 5.91 Å². The van der Waals surface area contributed by atoms with E-state index in [-0.39, 0.29) is 17.9 Å². The van der Waals surface area contributed by atoms with Gasteiger partial charge in [-0.25, -0.2) is 4.98 Å². The van der Waals surface area contributed by atoms with Crippen LogP contribution in [0.1, 0.15) is 40.7 Å². The van der Waals surface area contributed by atoms with Gasteiger partial charge < -0.3 is 10.2 Å². The standard InChI is InChI=1S/C21H19N3O2S2/c25-19-12-27-17-9-8-13(11-15(17)22-19)21(26)24-10-4-3-6-16(24)20-23-14-5-1-2-7-18(14)28-20/h1-2,5,7-9,11,16H,3-4,6,10,12H2,(H,22,25)/t16-/m0/s1. The summed E-state index contributed by atoms with van der Waals surface area (Å²) in [6.45, 7) is 0.734. The minimum absolute atomic E-state index is 0.0107. The van der Waals surface area contributed by atoms with E-state index in [0.29, 0.717) is 11.3 Å². The van der Waals surface area contributed by atoms with E-state index < -0.39 is 0 Å². The first kappa shape index (κ1) is 17.7. The van der Waals surface area contributed by atoms with Crippen LogP contribution < -0.4 is 5.32 Å². The number of benzene rings is 2. The number of anilines is 1. The lowest BCUT2D eigenvalue weighted by atomic mass is 10.0. The van der Waals surface area contributed by atoms with E-state index in [1.165, 1.54) is 11.8 Å². The van der Waals surface area contributed by atoms with E-state index in [1.807, 2.05) is 41.3 Å². The lowest BCUT2D eigenvalue weighted by molar-refractivity contribution is -0.113. The second-order valence-corrected chi connectivity index (χ2v) is 9.16. The molecule has 1 saturated heterocycles. The zero-order chi connectivity index (χ0) is 19.1. The minimum atomic E-state index is -0.0209. The van der Waals surface area contributed by atoms with Crippen LogP contribution in [0.5, 0.6) is 0 Å². The number of likely N-dealkylation sites (tertiary alicyclic amines) is 1. The van der Waals surface area contributed by atoms with Crippen LogP contribution in [0.2, 0.25) is 0 Å². The van der Waals surface area contributed by atoms with Crippen LogP contribution in [0, 0.1) is 0 Å². The smallest absolute Gasteiger partial charge is 0.254 e. The SMILES string of the molecule is O=C1CSc2ccc(C(=O)N3CCCC[C@H]3c3nc4ccccc4s3)cc2N1. The molecule has 0 aliphatic carbocycles. The van der Waals surface area contributed by atoms with E-state index in [0.717, 1.165) is 51.6 Å². The summed E-state index contributed by atoms with van der Waals surface area (Å²) in [4.78, 5) is 32.8. The summed E-state index contributed by atoms with van der Waals surface area (Å²) in [7, 11) is 0. The highest BCUT2D eigenvalue weighted by molar-refractivity contribution is 8.00. The first-order valence-corrected chi connectivity index (χ1v) is 11.2. The average molecular weight is 410 g/mol. The Bertz CT molecular complexity index is 1050. The van der Waals surface area contributed by atoms with Crippen LogP contribution in [0.3, 0.4) is 0 Å². The van der Waals surface area contributed by atoms with Crippen molar-refractivity contribution in [3.63, 3.8) is 0 Å². The Morgan fingerprint density at radius 1 is 1.18 bits per heavy atom. The molecule has 1 aromatic heterocycles. The molecule has 0 bridgehead atoms. The number of para-hydroxylation sites is 1. The molecule has 142 valence electrons. The largest absolute Gasteiger partial charge is 0.329 e. The highest BCUT2D eigenvalue weighted by Crippen LogP contribution is 2.37. The Labute approximate surface area is 171 Å². The van der Waals surface area contributed by atoms with Gasteiger partial charge in [-0.3, -0.25) is 9.59 Å². The van der Waals surface area contributed by atoms with Crippen molar-refractivity contribution in [1.82, 2.24) is 9.88 Å². The second-order valence-electron chi connectivity index (χ2n) is 7.08. The molecule has 0 radical (unpaired) electrons. The highest BCUT2D eigenvalue weighted by Gasteiger charge is 2.31. The zero-order valence-electron chi connectivity index (χ0n) is 15.2. The third kappa shape index (κ3) is 3.18. The zero-order valence-corrected chi connectivity index (χ0v) is 16.8. The van der Waals surface area contributed by atoms with E-state index in [1.54, 1.807) is 11.3 Å². The van der Waals surface area contributed by atoms with Crippen molar-refractivity contribution >= 4 is 50.8 Å². The van der Waals surface area contributed by atoms with Gasteiger partial charge in [-0.05, 0) is 49.6 Å². The van der Waals surface area contributed by atoms with E-state index in [9.17, 15) is 9.59 Å². The van der Waals surface area contributed by atoms with Gasteiger partial charge in [0.2, 0.25) is 5.91 Å². The number of rotatable bonds is 2. The van der Waals surface area contributed by atoms with Gasteiger partial charge in [0.05, 0.1) is 27.7 Å². The molecule has 28 heavy (non-hydrogen) atoms. The third-order valence-corrected chi connectivity index (χ3v) is 7.43. The maximum absolute atomic E-state index is 13.3. The maximum atomic E-state index is 13.3. The predicted molar refractivity (Wildman–Crippen MR) is 113 cm³/mol. The summed E-state index contributed by atoms with van der Waals surface area (Å²) in [5, 5.41) is 3.89. The van der Waals surface area contributed by atoms with Crippen molar-refractivity contribution < 1.29 is 9.59 Å². The number of fused-ring (bicyclic) bond motifs is 2. The lowest BCUT2D eigenvalue weighted by Gasteiger charge is -2.34. The summed E-state index contributed by atoms with van der Waals surface area (Å²) in [5.74, 6) is 0.413. The molecule has 0 saturated carbocycles. The van der Waals surface area contributed by atoms with Crippen LogP contribution in [-0.4, -0.2) is 34.0 Å². The number of thiazole rings is 1. The van der Waals surface area contributed by atoms with Crippen molar-refractivity contribution in [2.45, 2.75) is 30.2 Å². The Kier molecular flexibility index (Phi) is 4.56. The van der Waals surface area contributed by atoms with Gasteiger partial charge in [-0.2, -0.15) is 0 Å². The molecule has 1 atom stereocenters. The monoisotopic (exact) mass is 409 g/mol.